The second-order valence-corrected chi connectivity index (χ2v) is 4.79. The minimum atomic E-state index is 0.605. The van der Waals surface area contributed by atoms with E-state index in [4.69, 9.17) is 16.2 Å². The molecule has 1 aromatic carbocycles. The molecule has 1 saturated heterocycles. The van der Waals surface area contributed by atoms with Crippen LogP contribution in [-0.2, 0) is 0 Å². The summed E-state index contributed by atoms with van der Waals surface area (Å²) in [6, 6.07) is 5.36. The van der Waals surface area contributed by atoms with Crippen molar-refractivity contribution < 1.29 is 4.74 Å². The lowest BCUT2D eigenvalue weighted by Crippen LogP contribution is -2.45. The fraction of sp³-hybridized carbons (Fsp3) is 0.538. The van der Waals surface area contributed by atoms with E-state index in [2.05, 4.69) is 16.8 Å². The average molecular weight is 250 g/mol. The van der Waals surface area contributed by atoms with Gasteiger partial charge in [-0.25, -0.2) is 0 Å². The van der Waals surface area contributed by atoms with Crippen molar-refractivity contribution in [1.29, 1.82) is 0 Å². The van der Waals surface area contributed by atoms with Crippen LogP contribution in [0.25, 0.3) is 0 Å². The zero-order valence-corrected chi connectivity index (χ0v) is 10.9. The normalized spacial score (nSPS) is 17.8. The zero-order valence-electron chi connectivity index (χ0n) is 10.9. The first-order valence-corrected chi connectivity index (χ1v) is 6.34. The van der Waals surface area contributed by atoms with Gasteiger partial charge in [-0.1, -0.05) is 0 Å². The summed E-state index contributed by atoms with van der Waals surface area (Å²) in [7, 11) is 2.16. The lowest BCUT2D eigenvalue weighted by Gasteiger charge is -2.32. The Balaban J connectivity index is 1.75. The maximum absolute atomic E-state index is 5.83. The molecule has 0 unspecified atom stereocenters. The minimum absolute atomic E-state index is 0.605. The highest BCUT2D eigenvalue weighted by atomic mass is 16.5. The zero-order chi connectivity index (χ0) is 13.0. The lowest BCUT2D eigenvalue weighted by molar-refractivity contribution is 0.134. The summed E-state index contributed by atoms with van der Waals surface area (Å²) in [6.45, 7) is 6.08. The predicted octanol–water partition coefficient (Wildman–Crippen LogP) is 0.477. The highest BCUT2D eigenvalue weighted by molar-refractivity contribution is 5.60. The first-order valence-electron chi connectivity index (χ1n) is 6.34. The van der Waals surface area contributed by atoms with Crippen molar-refractivity contribution in [1.82, 2.24) is 9.80 Å². The Morgan fingerprint density at radius 1 is 1.17 bits per heavy atom. The fourth-order valence-electron chi connectivity index (χ4n) is 2.05. The summed E-state index contributed by atoms with van der Waals surface area (Å²) >= 11 is 0. The molecule has 0 amide bonds. The Kier molecular flexibility index (Phi) is 4.28. The van der Waals surface area contributed by atoms with Gasteiger partial charge in [-0.3, -0.25) is 4.90 Å². The summed E-state index contributed by atoms with van der Waals surface area (Å²) in [5.74, 6) is 0.721. The van der Waals surface area contributed by atoms with Gasteiger partial charge in [-0.15, -0.1) is 0 Å². The van der Waals surface area contributed by atoms with Gasteiger partial charge in [-0.05, 0) is 25.2 Å². The molecule has 0 spiro atoms. The van der Waals surface area contributed by atoms with Gasteiger partial charge in [0.05, 0.1) is 5.69 Å². The van der Waals surface area contributed by atoms with Crippen LogP contribution in [0.5, 0.6) is 5.75 Å². The summed E-state index contributed by atoms with van der Waals surface area (Å²) in [4.78, 5) is 4.75. The van der Waals surface area contributed by atoms with E-state index in [9.17, 15) is 0 Å². The number of piperazine rings is 1. The SMILES string of the molecule is CN1CCN(CCOc2ccc(N)cc2N)CC1. The highest BCUT2D eigenvalue weighted by Crippen LogP contribution is 2.23. The number of ether oxygens (including phenoxy) is 1. The molecule has 4 N–H and O–H groups in total. The topological polar surface area (TPSA) is 67.8 Å². The molecule has 0 aromatic heterocycles. The largest absolute Gasteiger partial charge is 0.490 e. The monoisotopic (exact) mass is 250 g/mol. The van der Waals surface area contributed by atoms with Crippen LogP contribution in [0.4, 0.5) is 11.4 Å². The van der Waals surface area contributed by atoms with Gasteiger partial charge in [0.1, 0.15) is 12.4 Å². The number of likely N-dealkylation sites (N-methyl/N-ethyl adjacent to an activating group) is 1. The molecule has 0 atom stereocenters. The third-order valence-electron chi connectivity index (χ3n) is 3.29. The van der Waals surface area contributed by atoms with E-state index in [1.165, 1.54) is 0 Å². The predicted molar refractivity (Wildman–Crippen MR) is 74.7 cm³/mol. The second kappa shape index (κ2) is 5.93. The van der Waals surface area contributed by atoms with Crippen molar-refractivity contribution in [3.63, 3.8) is 0 Å². The molecule has 1 aliphatic heterocycles. The Hall–Kier alpha value is -1.46. The summed E-state index contributed by atoms with van der Waals surface area (Å²) < 4.78 is 5.69. The van der Waals surface area contributed by atoms with Gasteiger partial charge in [0.2, 0.25) is 0 Å². The van der Waals surface area contributed by atoms with E-state index >= 15 is 0 Å². The number of benzene rings is 1. The van der Waals surface area contributed by atoms with E-state index < -0.39 is 0 Å². The first-order chi connectivity index (χ1) is 8.65. The van der Waals surface area contributed by atoms with Crippen LogP contribution in [0, 0.1) is 0 Å². The summed E-state index contributed by atoms with van der Waals surface area (Å²) in [5, 5.41) is 0. The van der Waals surface area contributed by atoms with Crippen LogP contribution in [0.15, 0.2) is 18.2 Å². The van der Waals surface area contributed by atoms with E-state index in [0.717, 1.165) is 38.5 Å². The van der Waals surface area contributed by atoms with Crippen molar-refractivity contribution in [2.45, 2.75) is 0 Å². The van der Waals surface area contributed by atoms with E-state index in [1.807, 2.05) is 12.1 Å². The Morgan fingerprint density at radius 2 is 1.89 bits per heavy atom. The van der Waals surface area contributed by atoms with Crippen LogP contribution in [0.1, 0.15) is 0 Å². The van der Waals surface area contributed by atoms with Crippen LogP contribution in [0.2, 0.25) is 0 Å². The molecule has 1 heterocycles. The third-order valence-corrected chi connectivity index (χ3v) is 3.29. The van der Waals surface area contributed by atoms with Crippen molar-refractivity contribution in [3.05, 3.63) is 18.2 Å². The summed E-state index contributed by atoms with van der Waals surface area (Å²) in [6.07, 6.45) is 0. The molecule has 0 bridgehead atoms. The molecule has 0 aliphatic carbocycles. The molecule has 100 valence electrons. The average Bonchev–Trinajstić information content (AvgIpc) is 2.34. The fourth-order valence-corrected chi connectivity index (χ4v) is 2.05. The molecule has 2 rings (SSSR count). The van der Waals surface area contributed by atoms with Gasteiger partial charge >= 0.3 is 0 Å². The smallest absolute Gasteiger partial charge is 0.142 e. The molecule has 0 saturated carbocycles. The Labute approximate surface area is 108 Å². The number of hydrogen-bond acceptors (Lipinski definition) is 5. The van der Waals surface area contributed by atoms with Crippen LogP contribution in [-0.4, -0.2) is 56.2 Å². The van der Waals surface area contributed by atoms with Crippen molar-refractivity contribution in [2.75, 3.05) is 57.8 Å². The molecule has 5 nitrogen and oxygen atoms in total. The van der Waals surface area contributed by atoms with Gasteiger partial charge in [-0.2, -0.15) is 0 Å². The number of nitrogens with two attached hydrogens (primary N) is 2. The van der Waals surface area contributed by atoms with Gasteiger partial charge < -0.3 is 21.1 Å². The Bertz CT molecular complexity index is 389. The number of rotatable bonds is 4. The van der Waals surface area contributed by atoms with Crippen LogP contribution in [0.3, 0.4) is 0 Å². The third kappa shape index (κ3) is 3.51. The lowest BCUT2D eigenvalue weighted by atomic mass is 10.2. The molecular weight excluding hydrogens is 228 g/mol. The van der Waals surface area contributed by atoms with E-state index in [0.29, 0.717) is 18.0 Å². The second-order valence-electron chi connectivity index (χ2n) is 4.79. The standard InChI is InChI=1S/C13H22N4O/c1-16-4-6-17(7-5-16)8-9-18-13-3-2-11(14)10-12(13)15/h2-3,10H,4-9,14-15H2,1H3. The number of nitrogen functional groups attached to an aromatic ring is 2. The van der Waals surface area contributed by atoms with Crippen LogP contribution < -0.4 is 16.2 Å². The Morgan fingerprint density at radius 3 is 2.56 bits per heavy atom. The summed E-state index contributed by atoms with van der Waals surface area (Å²) in [5.41, 5.74) is 12.7. The minimum Gasteiger partial charge on any atom is -0.490 e. The van der Waals surface area contributed by atoms with E-state index in [-0.39, 0.29) is 0 Å². The maximum Gasteiger partial charge on any atom is 0.142 e. The molecule has 18 heavy (non-hydrogen) atoms. The molecule has 0 radical (unpaired) electrons. The highest BCUT2D eigenvalue weighted by Gasteiger charge is 2.13. The quantitative estimate of drug-likeness (QED) is 0.761. The molecule has 1 aliphatic rings. The molecule has 1 fully saturated rings. The molecule has 1 aromatic rings. The molecule has 5 heteroatoms. The van der Waals surface area contributed by atoms with E-state index in [1.54, 1.807) is 6.07 Å². The van der Waals surface area contributed by atoms with Gasteiger partial charge in [0.25, 0.3) is 0 Å². The number of nitrogens with zero attached hydrogens (tertiary/aromatic N) is 2. The van der Waals surface area contributed by atoms with Crippen LogP contribution >= 0.6 is 0 Å². The van der Waals surface area contributed by atoms with Gasteiger partial charge in [0, 0.05) is 38.4 Å². The van der Waals surface area contributed by atoms with Gasteiger partial charge in [0.15, 0.2) is 0 Å². The number of anilines is 2. The van der Waals surface area contributed by atoms with Crippen molar-refractivity contribution >= 4 is 11.4 Å². The number of hydrogen-bond donors (Lipinski definition) is 2. The first kappa shape index (κ1) is 13.0. The molecular formula is C13H22N4O. The maximum atomic E-state index is 5.83. The van der Waals surface area contributed by atoms with Crippen molar-refractivity contribution in [2.24, 2.45) is 0 Å². The van der Waals surface area contributed by atoms with Crippen molar-refractivity contribution in [3.8, 4) is 5.75 Å².